The van der Waals surface area contributed by atoms with Crippen LogP contribution in [0.2, 0.25) is 0 Å². The Morgan fingerprint density at radius 2 is 1.90 bits per heavy atom. The van der Waals surface area contributed by atoms with Gasteiger partial charge in [0.05, 0.1) is 19.1 Å². The lowest BCUT2D eigenvalue weighted by atomic mass is 9.81. The highest BCUT2D eigenvalue weighted by molar-refractivity contribution is 5.04. The molecule has 2 N–H and O–H groups in total. The van der Waals surface area contributed by atoms with E-state index in [4.69, 9.17) is 10.5 Å². The van der Waals surface area contributed by atoms with Crippen molar-refractivity contribution in [2.45, 2.75) is 50.9 Å². The molecule has 21 heavy (non-hydrogen) atoms. The number of halogens is 3. The van der Waals surface area contributed by atoms with Crippen molar-refractivity contribution < 1.29 is 17.9 Å². The van der Waals surface area contributed by atoms with Gasteiger partial charge in [-0.3, -0.25) is 0 Å². The van der Waals surface area contributed by atoms with Crippen molar-refractivity contribution in [2.24, 2.45) is 11.7 Å². The van der Waals surface area contributed by atoms with Crippen LogP contribution in [0.1, 0.15) is 43.3 Å². The molecule has 1 saturated carbocycles. The normalized spacial score (nSPS) is 23.5. The van der Waals surface area contributed by atoms with Gasteiger partial charge in [0.25, 0.3) is 0 Å². The second-order valence-electron chi connectivity index (χ2n) is 5.41. The number of hydrogen-bond acceptors (Lipinski definition) is 4. The van der Waals surface area contributed by atoms with Crippen molar-refractivity contribution in [3.8, 4) is 0 Å². The number of alkyl halides is 3. The molecule has 0 saturated heterocycles. The first kappa shape index (κ1) is 16.2. The third-order valence-electron chi connectivity index (χ3n) is 4.11. The van der Waals surface area contributed by atoms with Crippen LogP contribution in [0.3, 0.4) is 0 Å². The largest absolute Gasteiger partial charge is 0.391 e. The van der Waals surface area contributed by atoms with Crippen LogP contribution in [0.25, 0.3) is 0 Å². The van der Waals surface area contributed by atoms with E-state index in [2.05, 4.69) is 10.2 Å². The average molecular weight is 306 g/mol. The highest BCUT2D eigenvalue weighted by atomic mass is 19.4. The Kier molecular flexibility index (Phi) is 5.21. The summed E-state index contributed by atoms with van der Waals surface area (Å²) >= 11 is 0. The lowest BCUT2D eigenvalue weighted by molar-refractivity contribution is -0.182. The fourth-order valence-corrected chi connectivity index (χ4v) is 2.91. The van der Waals surface area contributed by atoms with E-state index in [-0.39, 0.29) is 25.3 Å². The summed E-state index contributed by atoms with van der Waals surface area (Å²) in [5.41, 5.74) is 5.63. The molecule has 0 aromatic carbocycles. The van der Waals surface area contributed by atoms with Crippen LogP contribution >= 0.6 is 0 Å². The molecule has 0 amide bonds. The molecule has 0 aliphatic heterocycles. The van der Waals surface area contributed by atoms with E-state index in [1.165, 1.54) is 0 Å². The third-order valence-corrected chi connectivity index (χ3v) is 4.11. The first-order chi connectivity index (χ1) is 9.97. The predicted molar refractivity (Wildman–Crippen MR) is 70.5 cm³/mol. The van der Waals surface area contributed by atoms with Gasteiger partial charge in [-0.05, 0) is 25.7 Å². The Morgan fingerprint density at radius 3 is 2.43 bits per heavy atom. The van der Waals surface area contributed by atoms with Gasteiger partial charge >= 0.3 is 6.18 Å². The first-order valence-corrected chi connectivity index (χ1v) is 7.15. The average Bonchev–Trinajstić information content (AvgIpc) is 2.87. The molecular weight excluding hydrogens is 285 g/mol. The molecule has 8 heteroatoms. The topological polar surface area (TPSA) is 66.0 Å². The minimum atomic E-state index is -4.09. The molecule has 0 spiro atoms. The zero-order valence-electron chi connectivity index (χ0n) is 12.1. The highest BCUT2D eigenvalue weighted by Gasteiger charge is 2.42. The molecule has 1 heterocycles. The standard InChI is InChI=1S/C13H21F3N4O/c1-21-7-6-20-11(8-17)18-19-12(20)9-2-4-10(5-3-9)13(14,15)16/h9-10H,2-8,17H2,1H3. The van der Waals surface area contributed by atoms with Crippen molar-refractivity contribution >= 4 is 0 Å². The molecule has 5 nitrogen and oxygen atoms in total. The quantitative estimate of drug-likeness (QED) is 0.906. The predicted octanol–water partition coefficient (Wildman–Crippen LogP) is 2.22. The van der Waals surface area contributed by atoms with Gasteiger partial charge in [0.1, 0.15) is 11.6 Å². The number of rotatable bonds is 5. The fraction of sp³-hybridized carbons (Fsp3) is 0.846. The zero-order valence-corrected chi connectivity index (χ0v) is 12.1. The van der Waals surface area contributed by atoms with Gasteiger partial charge in [0, 0.05) is 19.6 Å². The summed E-state index contributed by atoms with van der Waals surface area (Å²) in [5, 5.41) is 8.19. The van der Waals surface area contributed by atoms with Crippen molar-refractivity contribution in [3.63, 3.8) is 0 Å². The van der Waals surface area contributed by atoms with Gasteiger partial charge in [-0.2, -0.15) is 13.2 Å². The van der Waals surface area contributed by atoms with Gasteiger partial charge in [-0.25, -0.2) is 0 Å². The maximum Gasteiger partial charge on any atom is 0.391 e. The van der Waals surface area contributed by atoms with Crippen LogP contribution < -0.4 is 5.73 Å². The van der Waals surface area contributed by atoms with Crippen molar-refractivity contribution in [1.29, 1.82) is 0 Å². The lowest BCUT2D eigenvalue weighted by Crippen LogP contribution is -2.28. The van der Waals surface area contributed by atoms with Crippen LogP contribution in [0.4, 0.5) is 13.2 Å². The molecule has 1 fully saturated rings. The smallest absolute Gasteiger partial charge is 0.383 e. The maximum absolute atomic E-state index is 12.7. The minimum absolute atomic E-state index is 0.0215. The van der Waals surface area contributed by atoms with Crippen molar-refractivity contribution in [3.05, 3.63) is 11.6 Å². The lowest BCUT2D eigenvalue weighted by Gasteiger charge is -2.29. The van der Waals surface area contributed by atoms with Gasteiger partial charge < -0.3 is 15.0 Å². The third kappa shape index (κ3) is 3.74. The summed E-state index contributed by atoms with van der Waals surface area (Å²) in [4.78, 5) is 0. The molecule has 0 unspecified atom stereocenters. The Hall–Kier alpha value is -1.15. The molecule has 1 aliphatic carbocycles. The Morgan fingerprint density at radius 1 is 1.24 bits per heavy atom. The molecular formula is C13H21F3N4O. The Bertz CT molecular complexity index is 453. The molecule has 0 bridgehead atoms. The van der Waals surface area contributed by atoms with Crippen LogP contribution in [-0.2, 0) is 17.8 Å². The van der Waals surface area contributed by atoms with E-state index in [1.807, 2.05) is 4.57 Å². The van der Waals surface area contributed by atoms with Crippen LogP contribution in [0, 0.1) is 5.92 Å². The van der Waals surface area contributed by atoms with Crippen LogP contribution in [0.5, 0.6) is 0 Å². The SMILES string of the molecule is COCCn1c(CN)nnc1C1CCC(C(F)(F)F)CC1. The summed E-state index contributed by atoms with van der Waals surface area (Å²) < 4.78 is 45.1. The summed E-state index contributed by atoms with van der Waals surface area (Å²) in [6, 6.07) is 0. The second-order valence-corrected chi connectivity index (χ2v) is 5.41. The van der Waals surface area contributed by atoms with E-state index in [9.17, 15) is 13.2 Å². The molecule has 1 aromatic rings. The van der Waals surface area contributed by atoms with E-state index in [0.717, 1.165) is 5.82 Å². The minimum Gasteiger partial charge on any atom is -0.383 e. The Labute approximate surface area is 121 Å². The number of aromatic nitrogens is 3. The molecule has 1 aromatic heterocycles. The van der Waals surface area contributed by atoms with Crippen LogP contribution in [0.15, 0.2) is 0 Å². The molecule has 0 atom stereocenters. The van der Waals surface area contributed by atoms with E-state index < -0.39 is 12.1 Å². The molecule has 1 aliphatic rings. The van der Waals surface area contributed by atoms with E-state index in [1.54, 1.807) is 7.11 Å². The Balaban J connectivity index is 2.07. The van der Waals surface area contributed by atoms with Gasteiger partial charge in [-0.1, -0.05) is 0 Å². The first-order valence-electron chi connectivity index (χ1n) is 7.15. The number of nitrogens with zero attached hydrogens (tertiary/aromatic N) is 3. The van der Waals surface area contributed by atoms with Gasteiger partial charge in [0.2, 0.25) is 0 Å². The second kappa shape index (κ2) is 6.74. The zero-order chi connectivity index (χ0) is 15.5. The molecule has 0 radical (unpaired) electrons. The summed E-state index contributed by atoms with van der Waals surface area (Å²) in [6.45, 7) is 1.33. The molecule has 120 valence electrons. The number of ether oxygens (including phenoxy) is 1. The fourth-order valence-electron chi connectivity index (χ4n) is 2.91. The van der Waals surface area contributed by atoms with Gasteiger partial charge in [-0.15, -0.1) is 10.2 Å². The molecule has 2 rings (SSSR count). The summed E-state index contributed by atoms with van der Waals surface area (Å²) in [7, 11) is 1.60. The summed E-state index contributed by atoms with van der Waals surface area (Å²) in [6.07, 6.45) is -2.80. The van der Waals surface area contributed by atoms with E-state index in [0.29, 0.717) is 31.8 Å². The number of hydrogen-bond donors (Lipinski definition) is 1. The maximum atomic E-state index is 12.7. The number of methoxy groups -OCH3 is 1. The van der Waals surface area contributed by atoms with E-state index >= 15 is 0 Å². The summed E-state index contributed by atoms with van der Waals surface area (Å²) in [5.74, 6) is 0.236. The monoisotopic (exact) mass is 306 g/mol. The van der Waals surface area contributed by atoms with Gasteiger partial charge in [0.15, 0.2) is 0 Å². The highest BCUT2D eigenvalue weighted by Crippen LogP contribution is 2.42. The van der Waals surface area contributed by atoms with Crippen molar-refractivity contribution in [2.75, 3.05) is 13.7 Å². The number of nitrogens with two attached hydrogens (primary N) is 1. The van der Waals surface area contributed by atoms with Crippen LogP contribution in [-0.4, -0.2) is 34.7 Å². The van der Waals surface area contributed by atoms with Crippen molar-refractivity contribution in [1.82, 2.24) is 14.8 Å².